The van der Waals surface area contributed by atoms with Gasteiger partial charge in [-0.25, -0.2) is 9.97 Å². The first-order valence-electron chi connectivity index (χ1n) is 5.88. The Morgan fingerprint density at radius 2 is 2.00 bits per heavy atom. The van der Waals surface area contributed by atoms with Gasteiger partial charge < -0.3 is 10.6 Å². The van der Waals surface area contributed by atoms with E-state index in [1.165, 1.54) is 6.33 Å². The molecule has 8 heteroatoms. The quantitative estimate of drug-likeness (QED) is 0.649. The Kier molecular flexibility index (Phi) is 4.31. The van der Waals surface area contributed by atoms with Gasteiger partial charge in [0.15, 0.2) is 0 Å². The molecule has 0 unspecified atom stereocenters. The Morgan fingerprint density at radius 1 is 1.30 bits per heavy atom. The minimum absolute atomic E-state index is 0.0917. The van der Waals surface area contributed by atoms with E-state index in [1.807, 2.05) is 6.92 Å². The summed E-state index contributed by atoms with van der Waals surface area (Å²) in [6.07, 6.45) is 1.25. The SMILES string of the molecule is CCNc1ncnc(Nc2ccccc2Cl)c1[N+](=O)[O-]. The maximum absolute atomic E-state index is 11.2. The lowest BCUT2D eigenvalue weighted by molar-refractivity contribution is -0.383. The van der Waals surface area contributed by atoms with Crippen molar-refractivity contribution in [2.24, 2.45) is 0 Å². The molecular weight excluding hydrogens is 282 g/mol. The molecule has 0 aliphatic rings. The molecule has 0 aliphatic heterocycles. The zero-order valence-electron chi connectivity index (χ0n) is 10.6. The van der Waals surface area contributed by atoms with Crippen molar-refractivity contribution >= 4 is 34.6 Å². The molecule has 2 aromatic rings. The molecule has 104 valence electrons. The zero-order valence-corrected chi connectivity index (χ0v) is 11.4. The summed E-state index contributed by atoms with van der Waals surface area (Å²) in [5.41, 5.74) is 0.327. The van der Waals surface area contributed by atoms with Crippen LogP contribution >= 0.6 is 11.6 Å². The Hall–Kier alpha value is -2.41. The molecule has 0 amide bonds. The van der Waals surface area contributed by atoms with Gasteiger partial charge in [-0.15, -0.1) is 0 Å². The average molecular weight is 294 g/mol. The van der Waals surface area contributed by atoms with Crippen molar-refractivity contribution in [3.05, 3.63) is 45.7 Å². The van der Waals surface area contributed by atoms with Gasteiger partial charge in [-0.1, -0.05) is 23.7 Å². The maximum Gasteiger partial charge on any atom is 0.353 e. The molecule has 1 aromatic heterocycles. The number of rotatable bonds is 5. The van der Waals surface area contributed by atoms with Crippen molar-refractivity contribution in [1.29, 1.82) is 0 Å². The van der Waals surface area contributed by atoms with Gasteiger partial charge in [0.05, 0.1) is 15.6 Å². The summed E-state index contributed by atoms with van der Waals surface area (Å²) in [4.78, 5) is 18.5. The fraction of sp³-hybridized carbons (Fsp3) is 0.167. The van der Waals surface area contributed by atoms with Gasteiger partial charge >= 0.3 is 5.69 Å². The second kappa shape index (κ2) is 6.16. The van der Waals surface area contributed by atoms with Crippen LogP contribution in [-0.2, 0) is 0 Å². The molecule has 1 aromatic carbocycles. The highest BCUT2D eigenvalue weighted by Crippen LogP contribution is 2.32. The summed E-state index contributed by atoms with van der Waals surface area (Å²) in [7, 11) is 0. The van der Waals surface area contributed by atoms with Crippen molar-refractivity contribution in [2.45, 2.75) is 6.92 Å². The number of benzene rings is 1. The number of para-hydroxylation sites is 1. The Balaban J connectivity index is 2.44. The van der Waals surface area contributed by atoms with E-state index in [9.17, 15) is 10.1 Å². The van der Waals surface area contributed by atoms with Crippen LogP contribution in [0.5, 0.6) is 0 Å². The van der Waals surface area contributed by atoms with Gasteiger partial charge in [-0.2, -0.15) is 0 Å². The van der Waals surface area contributed by atoms with E-state index in [4.69, 9.17) is 11.6 Å². The monoisotopic (exact) mass is 293 g/mol. The molecule has 1 heterocycles. The third-order valence-electron chi connectivity index (χ3n) is 2.48. The number of aromatic nitrogens is 2. The van der Waals surface area contributed by atoms with E-state index < -0.39 is 4.92 Å². The van der Waals surface area contributed by atoms with Crippen LogP contribution in [-0.4, -0.2) is 21.4 Å². The van der Waals surface area contributed by atoms with Crippen LogP contribution < -0.4 is 10.6 Å². The summed E-state index contributed by atoms with van der Waals surface area (Å²) in [6, 6.07) is 6.93. The molecular formula is C12H12ClN5O2. The van der Waals surface area contributed by atoms with E-state index >= 15 is 0 Å². The standard InChI is InChI=1S/C12H12ClN5O2/c1-2-14-11-10(18(19)20)12(16-7-15-11)17-9-6-4-3-5-8(9)13/h3-7H,2H2,1H3,(H2,14,15,16,17). The summed E-state index contributed by atoms with van der Waals surface area (Å²) in [5, 5.41) is 17.3. The molecule has 0 radical (unpaired) electrons. The number of nitro groups is 1. The van der Waals surface area contributed by atoms with Gasteiger partial charge in [-0.3, -0.25) is 10.1 Å². The lowest BCUT2D eigenvalue weighted by Crippen LogP contribution is -2.07. The van der Waals surface area contributed by atoms with Crippen LogP contribution in [0.4, 0.5) is 23.0 Å². The molecule has 20 heavy (non-hydrogen) atoms. The molecule has 0 saturated heterocycles. The van der Waals surface area contributed by atoms with E-state index in [2.05, 4.69) is 20.6 Å². The fourth-order valence-corrected chi connectivity index (χ4v) is 1.81. The molecule has 0 spiro atoms. The lowest BCUT2D eigenvalue weighted by atomic mass is 10.3. The molecule has 2 rings (SSSR count). The van der Waals surface area contributed by atoms with Crippen LogP contribution in [0.3, 0.4) is 0 Å². The summed E-state index contributed by atoms with van der Waals surface area (Å²) >= 11 is 6.02. The molecule has 0 bridgehead atoms. The van der Waals surface area contributed by atoms with Gasteiger partial charge in [-0.05, 0) is 19.1 Å². The normalized spacial score (nSPS) is 10.1. The lowest BCUT2D eigenvalue weighted by Gasteiger charge is -2.09. The van der Waals surface area contributed by atoms with E-state index in [0.29, 0.717) is 17.3 Å². The first-order valence-corrected chi connectivity index (χ1v) is 6.26. The highest BCUT2D eigenvalue weighted by Gasteiger charge is 2.22. The first kappa shape index (κ1) is 14.0. The minimum Gasteiger partial charge on any atom is -0.364 e. The smallest absolute Gasteiger partial charge is 0.353 e. The Morgan fingerprint density at radius 3 is 2.65 bits per heavy atom. The highest BCUT2D eigenvalue weighted by atomic mass is 35.5. The van der Waals surface area contributed by atoms with Crippen molar-refractivity contribution in [3.63, 3.8) is 0 Å². The molecule has 0 saturated carbocycles. The second-order valence-electron chi connectivity index (χ2n) is 3.81. The third-order valence-corrected chi connectivity index (χ3v) is 2.81. The maximum atomic E-state index is 11.2. The van der Waals surface area contributed by atoms with Crippen LogP contribution in [0.15, 0.2) is 30.6 Å². The van der Waals surface area contributed by atoms with E-state index in [-0.39, 0.29) is 17.3 Å². The first-order chi connectivity index (χ1) is 9.63. The van der Waals surface area contributed by atoms with Crippen LogP contribution in [0.25, 0.3) is 0 Å². The van der Waals surface area contributed by atoms with Crippen molar-refractivity contribution in [2.75, 3.05) is 17.2 Å². The topological polar surface area (TPSA) is 93.0 Å². The summed E-state index contributed by atoms with van der Waals surface area (Å²) in [5.74, 6) is 0.260. The largest absolute Gasteiger partial charge is 0.364 e. The van der Waals surface area contributed by atoms with Crippen LogP contribution in [0, 0.1) is 10.1 Å². The fourth-order valence-electron chi connectivity index (χ4n) is 1.63. The summed E-state index contributed by atoms with van der Waals surface area (Å²) < 4.78 is 0. The number of halogens is 1. The van der Waals surface area contributed by atoms with Crippen LogP contribution in [0.2, 0.25) is 5.02 Å². The van der Waals surface area contributed by atoms with Gasteiger partial charge in [0.1, 0.15) is 6.33 Å². The molecule has 0 aliphatic carbocycles. The van der Waals surface area contributed by atoms with E-state index in [0.717, 1.165) is 0 Å². The predicted octanol–water partition coefficient (Wildman–Crippen LogP) is 3.21. The van der Waals surface area contributed by atoms with Gasteiger partial charge in [0.25, 0.3) is 0 Å². The van der Waals surface area contributed by atoms with Crippen molar-refractivity contribution in [3.8, 4) is 0 Å². The van der Waals surface area contributed by atoms with E-state index in [1.54, 1.807) is 24.3 Å². The minimum atomic E-state index is -0.531. The number of nitrogens with zero attached hydrogens (tertiary/aromatic N) is 3. The van der Waals surface area contributed by atoms with Crippen molar-refractivity contribution < 1.29 is 4.92 Å². The third kappa shape index (κ3) is 2.94. The average Bonchev–Trinajstić information content (AvgIpc) is 2.41. The molecule has 0 atom stereocenters. The second-order valence-corrected chi connectivity index (χ2v) is 4.22. The van der Waals surface area contributed by atoms with Gasteiger partial charge in [0.2, 0.25) is 11.6 Å². The number of anilines is 3. The molecule has 2 N–H and O–H groups in total. The molecule has 7 nitrogen and oxygen atoms in total. The number of nitrogens with one attached hydrogen (secondary N) is 2. The highest BCUT2D eigenvalue weighted by molar-refractivity contribution is 6.33. The van der Waals surface area contributed by atoms with Crippen molar-refractivity contribution in [1.82, 2.24) is 9.97 Å². The van der Waals surface area contributed by atoms with Gasteiger partial charge in [0, 0.05) is 6.54 Å². The van der Waals surface area contributed by atoms with Crippen LogP contribution in [0.1, 0.15) is 6.92 Å². The Bertz CT molecular complexity index is 635. The Labute approximate surface area is 120 Å². The predicted molar refractivity (Wildman–Crippen MR) is 77.6 cm³/mol. The summed E-state index contributed by atoms with van der Waals surface area (Å²) in [6.45, 7) is 2.34. The number of hydrogen-bond donors (Lipinski definition) is 2. The number of hydrogen-bond acceptors (Lipinski definition) is 6. The molecule has 0 fully saturated rings. The zero-order chi connectivity index (χ0) is 14.5.